The maximum Gasteiger partial charge on any atom is 0.262 e. The van der Waals surface area contributed by atoms with Gasteiger partial charge in [0.15, 0.2) is 5.78 Å². The first kappa shape index (κ1) is 16.4. The van der Waals surface area contributed by atoms with Crippen molar-refractivity contribution in [1.82, 2.24) is 14.9 Å². The molecule has 0 radical (unpaired) electrons. The average molecular weight is 360 g/mol. The van der Waals surface area contributed by atoms with Gasteiger partial charge >= 0.3 is 0 Å². The maximum atomic E-state index is 12.4. The molecular weight excluding hydrogens is 348 g/mol. The van der Waals surface area contributed by atoms with Gasteiger partial charge in [0, 0.05) is 29.6 Å². The molecule has 132 valence electrons. The summed E-state index contributed by atoms with van der Waals surface area (Å²) in [7, 11) is 0. The van der Waals surface area contributed by atoms with Crippen molar-refractivity contribution in [3.05, 3.63) is 87.5 Å². The summed E-state index contributed by atoms with van der Waals surface area (Å²) >= 11 is 0. The van der Waals surface area contributed by atoms with Gasteiger partial charge in [0.2, 0.25) is 0 Å². The lowest BCUT2D eigenvalue weighted by molar-refractivity contribution is 0.0879. The molecule has 0 aliphatic carbocycles. The number of anilines is 1. The van der Waals surface area contributed by atoms with E-state index in [2.05, 4.69) is 10.3 Å². The van der Waals surface area contributed by atoms with Crippen LogP contribution in [0.1, 0.15) is 36.6 Å². The van der Waals surface area contributed by atoms with Crippen LogP contribution in [0.25, 0.3) is 5.69 Å². The monoisotopic (exact) mass is 360 g/mol. The molecule has 0 bridgehead atoms. The zero-order valence-corrected chi connectivity index (χ0v) is 13.8. The van der Waals surface area contributed by atoms with Crippen LogP contribution in [0.15, 0.2) is 59.7 Å². The lowest BCUT2D eigenvalue weighted by Gasteiger charge is -2.12. The third kappa shape index (κ3) is 2.60. The Morgan fingerprint density at radius 3 is 2.22 bits per heavy atom. The van der Waals surface area contributed by atoms with Gasteiger partial charge in [-0.2, -0.15) is 0 Å². The van der Waals surface area contributed by atoms with Crippen molar-refractivity contribution in [2.45, 2.75) is 0 Å². The molecule has 0 unspecified atom stereocenters. The second-order valence-electron chi connectivity index (χ2n) is 5.89. The molecule has 0 spiro atoms. The molecule has 3 N–H and O–H groups in total. The summed E-state index contributed by atoms with van der Waals surface area (Å²) in [6.45, 7) is 0. The molecule has 0 saturated carbocycles. The van der Waals surface area contributed by atoms with Gasteiger partial charge in [-0.15, -0.1) is 0 Å². The Labute approximate surface area is 152 Å². The van der Waals surface area contributed by atoms with Crippen LogP contribution in [0.3, 0.4) is 0 Å². The second-order valence-corrected chi connectivity index (χ2v) is 5.89. The van der Waals surface area contributed by atoms with Gasteiger partial charge < -0.3 is 5.73 Å². The number of carbonyl (C=O) groups is 3. The topological polar surface area (TPSA) is 124 Å². The summed E-state index contributed by atoms with van der Waals surface area (Å²) in [5, 5.41) is 2.11. The summed E-state index contributed by atoms with van der Waals surface area (Å²) in [5.41, 5.74) is 6.65. The maximum absolute atomic E-state index is 12.4. The lowest BCUT2D eigenvalue weighted by Crippen LogP contribution is -2.24. The van der Waals surface area contributed by atoms with E-state index in [1.165, 1.54) is 12.4 Å². The Bertz CT molecular complexity index is 1160. The number of ketones is 1. The van der Waals surface area contributed by atoms with E-state index in [0.717, 1.165) is 10.6 Å². The van der Waals surface area contributed by atoms with Gasteiger partial charge in [0.1, 0.15) is 5.82 Å². The van der Waals surface area contributed by atoms with E-state index >= 15 is 0 Å². The molecule has 2 amide bonds. The van der Waals surface area contributed by atoms with E-state index in [1.54, 1.807) is 36.4 Å². The average Bonchev–Trinajstić information content (AvgIpc) is 2.96. The Morgan fingerprint density at radius 1 is 0.926 bits per heavy atom. The number of aromatic nitrogens is 2. The van der Waals surface area contributed by atoms with E-state index < -0.39 is 17.4 Å². The van der Waals surface area contributed by atoms with Crippen molar-refractivity contribution >= 4 is 23.4 Å². The van der Waals surface area contributed by atoms with Crippen LogP contribution in [0.2, 0.25) is 0 Å². The van der Waals surface area contributed by atoms with Crippen molar-refractivity contribution in [1.29, 1.82) is 0 Å². The molecule has 1 aliphatic rings. The number of hydrogen-bond donors (Lipinski definition) is 2. The molecule has 27 heavy (non-hydrogen) atoms. The molecule has 1 aromatic carbocycles. The summed E-state index contributed by atoms with van der Waals surface area (Å²) in [6.07, 6.45) is 3.05. The van der Waals surface area contributed by atoms with Crippen LogP contribution in [-0.2, 0) is 0 Å². The number of imide groups is 1. The minimum atomic E-state index is -0.649. The Balaban J connectivity index is 1.77. The second kappa shape index (κ2) is 6.03. The van der Waals surface area contributed by atoms with Crippen LogP contribution in [0.5, 0.6) is 0 Å². The lowest BCUT2D eigenvalue weighted by atomic mass is 10.0. The van der Waals surface area contributed by atoms with Crippen molar-refractivity contribution in [3.8, 4) is 5.69 Å². The van der Waals surface area contributed by atoms with Gasteiger partial charge in [-0.25, -0.2) is 0 Å². The highest BCUT2D eigenvalue weighted by Crippen LogP contribution is 2.23. The van der Waals surface area contributed by atoms with Gasteiger partial charge in [-0.3, -0.25) is 34.0 Å². The van der Waals surface area contributed by atoms with Crippen molar-refractivity contribution in [2.75, 3.05) is 5.73 Å². The third-order valence-electron chi connectivity index (χ3n) is 4.28. The molecule has 2 aromatic heterocycles. The van der Waals surface area contributed by atoms with E-state index in [0.29, 0.717) is 16.8 Å². The van der Waals surface area contributed by atoms with E-state index in [-0.39, 0.29) is 22.7 Å². The Hall–Kier alpha value is -4.07. The number of pyridine rings is 2. The van der Waals surface area contributed by atoms with Crippen LogP contribution in [0.4, 0.5) is 5.82 Å². The highest BCUT2D eigenvalue weighted by Gasteiger charge is 2.31. The van der Waals surface area contributed by atoms with Gasteiger partial charge in [-0.1, -0.05) is 0 Å². The first-order valence-corrected chi connectivity index (χ1v) is 7.94. The fourth-order valence-corrected chi connectivity index (χ4v) is 2.98. The number of carbonyl (C=O) groups excluding carboxylic acids is 3. The van der Waals surface area contributed by atoms with Crippen molar-refractivity contribution in [3.63, 3.8) is 0 Å². The summed E-state index contributed by atoms with van der Waals surface area (Å²) in [5.74, 6) is -1.62. The number of amides is 2. The molecular formula is C19H12N4O4. The largest absolute Gasteiger partial charge is 0.384 e. The van der Waals surface area contributed by atoms with Crippen LogP contribution >= 0.6 is 0 Å². The number of nitrogens with one attached hydrogen (secondary N) is 1. The SMILES string of the molecule is Nc1c2c(cc(=O)n1-c1ccc(C(=O)c3ccncc3)cc1)C(=O)NC2=O. The van der Waals surface area contributed by atoms with Gasteiger partial charge in [0.25, 0.3) is 17.4 Å². The predicted molar refractivity (Wildman–Crippen MR) is 95.9 cm³/mol. The molecule has 3 heterocycles. The fourth-order valence-electron chi connectivity index (χ4n) is 2.98. The van der Waals surface area contributed by atoms with Crippen LogP contribution in [0, 0.1) is 0 Å². The van der Waals surface area contributed by atoms with Crippen LogP contribution < -0.4 is 16.6 Å². The highest BCUT2D eigenvalue weighted by atomic mass is 16.2. The minimum Gasteiger partial charge on any atom is -0.384 e. The molecule has 1 aliphatic heterocycles. The number of nitrogen functional groups attached to an aromatic ring is 1. The quantitative estimate of drug-likeness (QED) is 0.529. The first-order chi connectivity index (χ1) is 13.0. The van der Waals surface area contributed by atoms with Gasteiger partial charge in [-0.05, 0) is 36.4 Å². The number of benzene rings is 1. The van der Waals surface area contributed by atoms with Crippen molar-refractivity contribution in [2.24, 2.45) is 0 Å². The molecule has 0 fully saturated rings. The normalized spacial score (nSPS) is 12.6. The molecule has 8 heteroatoms. The molecule has 0 saturated heterocycles. The molecule has 0 atom stereocenters. The van der Waals surface area contributed by atoms with Gasteiger partial charge in [0.05, 0.1) is 16.8 Å². The van der Waals surface area contributed by atoms with E-state index in [4.69, 9.17) is 5.73 Å². The summed E-state index contributed by atoms with van der Waals surface area (Å²) in [6, 6.07) is 10.5. The fraction of sp³-hybridized carbons (Fsp3) is 0. The third-order valence-corrected chi connectivity index (χ3v) is 4.28. The zero-order valence-electron chi connectivity index (χ0n) is 13.8. The molecule has 4 rings (SSSR count). The summed E-state index contributed by atoms with van der Waals surface area (Å²) in [4.78, 5) is 52.4. The highest BCUT2D eigenvalue weighted by molar-refractivity contribution is 6.23. The van der Waals surface area contributed by atoms with E-state index in [9.17, 15) is 19.2 Å². The number of hydrogen-bond acceptors (Lipinski definition) is 6. The zero-order chi connectivity index (χ0) is 19.1. The predicted octanol–water partition coefficient (Wildman–Crippen LogP) is 0.929. The Morgan fingerprint density at radius 2 is 1.56 bits per heavy atom. The number of nitrogens with two attached hydrogens (primary N) is 1. The standard InChI is InChI=1S/C19H12N4O4/c20-17-15-13(18(26)22-19(15)27)9-14(24)23(17)12-3-1-10(2-4-12)16(25)11-5-7-21-8-6-11/h1-9H,20H2,(H,22,26,27). The number of nitrogens with zero attached hydrogens (tertiary/aromatic N) is 2. The molecule has 8 nitrogen and oxygen atoms in total. The Kier molecular flexibility index (Phi) is 3.66. The van der Waals surface area contributed by atoms with Crippen LogP contribution in [-0.4, -0.2) is 27.1 Å². The van der Waals surface area contributed by atoms with Crippen molar-refractivity contribution < 1.29 is 14.4 Å². The van der Waals surface area contributed by atoms with E-state index in [1.807, 2.05) is 0 Å². The first-order valence-electron chi connectivity index (χ1n) is 7.94. The minimum absolute atomic E-state index is 0.0310. The smallest absolute Gasteiger partial charge is 0.262 e. The number of fused-ring (bicyclic) bond motifs is 1. The molecule has 3 aromatic rings. The number of rotatable bonds is 3. The summed E-state index contributed by atoms with van der Waals surface area (Å²) < 4.78 is 1.12.